The van der Waals surface area contributed by atoms with Crippen LogP contribution in [0.15, 0.2) is 0 Å². The number of hydrogen-bond donors (Lipinski definition) is 2. The predicted molar refractivity (Wildman–Crippen MR) is 52.3 cm³/mol. The van der Waals surface area contributed by atoms with Gasteiger partial charge < -0.3 is 1.43 Å². The summed E-state index contributed by atoms with van der Waals surface area (Å²) < 4.78 is 26.5. The summed E-state index contributed by atoms with van der Waals surface area (Å²) >= 11 is 0. The van der Waals surface area contributed by atoms with E-state index in [1.165, 1.54) is 0 Å². The average Bonchev–Trinajstić information content (AvgIpc) is 2.04. The van der Waals surface area contributed by atoms with Gasteiger partial charge in [-0.3, -0.25) is 15.7 Å². The van der Waals surface area contributed by atoms with Crippen molar-refractivity contribution in [3.05, 3.63) is 0 Å². The van der Waals surface area contributed by atoms with E-state index in [4.69, 9.17) is 11.5 Å². The minimum absolute atomic E-state index is 0. The van der Waals surface area contributed by atoms with Gasteiger partial charge in [0.25, 0.3) is 10.1 Å². The molecule has 0 unspecified atom stereocenters. The Bertz CT molecular complexity index is 247. The quantitative estimate of drug-likeness (QED) is 0.224. The molecule has 0 aromatic rings. The number of rotatable bonds is 6. The summed E-state index contributed by atoms with van der Waals surface area (Å²) in [4.78, 5) is -1.75. The summed E-state index contributed by atoms with van der Waals surface area (Å²) in [7, 11) is -2.76. The molecule has 0 amide bonds. The Labute approximate surface area is 109 Å². The van der Waals surface area contributed by atoms with Gasteiger partial charge in [0, 0.05) is 0 Å². The van der Waals surface area contributed by atoms with Crippen LogP contribution in [0.4, 0.5) is 0 Å². The van der Waals surface area contributed by atoms with Crippen molar-refractivity contribution in [2.24, 2.45) is 11.5 Å². The minimum atomic E-state index is -3.82. The molecule has 0 spiro atoms. The van der Waals surface area contributed by atoms with Gasteiger partial charge in [-0.1, -0.05) is 19.8 Å². The summed E-state index contributed by atoms with van der Waals surface area (Å²) in [6.07, 6.45) is 2.81. The number of nitrogens with two attached hydrogens (primary N) is 2. The molecule has 0 aliphatic carbocycles. The Kier molecular flexibility index (Phi) is 8.81. The van der Waals surface area contributed by atoms with Gasteiger partial charge in [-0.25, -0.2) is 0 Å². The van der Waals surface area contributed by atoms with Crippen LogP contribution >= 0.6 is 0 Å². The third-order valence-corrected chi connectivity index (χ3v) is 3.43. The largest absolute Gasteiger partial charge is 1.00 e. The summed E-state index contributed by atoms with van der Waals surface area (Å²) in [5.41, 5.74) is 10.8. The molecule has 0 aromatic heterocycles. The average molecular weight is 234 g/mol. The first-order valence-electron chi connectivity index (χ1n) is 4.25. The SMILES string of the molecule is CCCCCC(N)(N)S(=O)(=O)OC.[H-].[Na+]. The van der Waals surface area contributed by atoms with Crippen LogP contribution in [0.25, 0.3) is 0 Å². The van der Waals surface area contributed by atoms with Crippen LogP contribution in [0.2, 0.25) is 0 Å². The molecule has 0 aliphatic heterocycles. The monoisotopic (exact) mass is 234 g/mol. The van der Waals surface area contributed by atoms with Gasteiger partial charge in [0.15, 0.2) is 4.99 Å². The molecule has 4 N–H and O–H groups in total. The van der Waals surface area contributed by atoms with Gasteiger partial charge in [-0.15, -0.1) is 0 Å². The smallest absolute Gasteiger partial charge is 1.00 e. The molecule has 0 radical (unpaired) electrons. The molecule has 0 aliphatic rings. The molecule has 0 saturated heterocycles. The Morgan fingerprint density at radius 2 is 1.86 bits per heavy atom. The first kappa shape index (κ1) is 17.2. The molecular weight excluding hydrogens is 215 g/mol. The zero-order valence-corrected chi connectivity index (χ0v) is 11.9. The van der Waals surface area contributed by atoms with Crippen molar-refractivity contribution < 1.29 is 43.6 Å². The maximum atomic E-state index is 11.1. The molecule has 0 fully saturated rings. The van der Waals surface area contributed by atoms with E-state index in [1.54, 1.807) is 0 Å². The van der Waals surface area contributed by atoms with E-state index in [0.717, 1.165) is 20.0 Å². The van der Waals surface area contributed by atoms with Crippen LogP contribution in [-0.2, 0) is 14.3 Å². The van der Waals surface area contributed by atoms with Gasteiger partial charge >= 0.3 is 29.6 Å². The third kappa shape index (κ3) is 5.06. The number of unbranched alkanes of at least 4 members (excludes halogenated alkanes) is 2. The van der Waals surface area contributed by atoms with Crippen LogP contribution in [0.5, 0.6) is 0 Å². The first-order chi connectivity index (χ1) is 5.87. The van der Waals surface area contributed by atoms with E-state index < -0.39 is 15.1 Å². The zero-order valence-electron chi connectivity index (χ0n) is 10.1. The molecule has 0 aromatic carbocycles. The van der Waals surface area contributed by atoms with Crippen molar-refractivity contribution in [3.63, 3.8) is 0 Å². The molecule has 0 bridgehead atoms. The van der Waals surface area contributed by atoms with E-state index in [1.807, 2.05) is 6.92 Å². The van der Waals surface area contributed by atoms with E-state index in [9.17, 15) is 8.42 Å². The molecule has 0 heterocycles. The standard InChI is InChI=1S/C7H18N2O3S.Na.H/c1-3-4-5-6-7(8,9)13(10,11)12-2;;/h3-6,8-9H2,1-2H3;;/q;+1;-1. The Balaban J connectivity index is -0.000000720. The van der Waals surface area contributed by atoms with Crippen molar-refractivity contribution in [1.29, 1.82) is 0 Å². The summed E-state index contributed by atoms with van der Waals surface area (Å²) in [5, 5.41) is 0. The van der Waals surface area contributed by atoms with Crippen LogP contribution in [-0.4, -0.2) is 20.5 Å². The van der Waals surface area contributed by atoms with E-state index >= 15 is 0 Å². The zero-order chi connectivity index (χ0) is 10.5. The van der Waals surface area contributed by atoms with E-state index in [0.29, 0.717) is 6.42 Å². The number of hydrogen-bond acceptors (Lipinski definition) is 5. The van der Waals surface area contributed by atoms with Crippen LogP contribution in [0.3, 0.4) is 0 Å². The normalized spacial score (nSPS) is 12.3. The minimum Gasteiger partial charge on any atom is -1.00 e. The summed E-state index contributed by atoms with van der Waals surface area (Å²) in [5.74, 6) is 0. The van der Waals surface area contributed by atoms with Crippen LogP contribution in [0.1, 0.15) is 34.0 Å². The predicted octanol–water partition coefficient (Wildman–Crippen LogP) is -2.77. The van der Waals surface area contributed by atoms with Crippen molar-refractivity contribution in [1.82, 2.24) is 0 Å². The second-order valence-corrected chi connectivity index (χ2v) is 5.03. The fourth-order valence-corrected chi connectivity index (χ4v) is 1.64. The third-order valence-electron chi connectivity index (χ3n) is 1.86. The van der Waals surface area contributed by atoms with Gasteiger partial charge in [0.1, 0.15) is 0 Å². The molecule has 5 nitrogen and oxygen atoms in total. The molecule has 0 atom stereocenters. The van der Waals surface area contributed by atoms with Gasteiger partial charge in [-0.05, 0) is 12.8 Å². The van der Waals surface area contributed by atoms with Gasteiger partial charge in [-0.2, -0.15) is 8.42 Å². The fourth-order valence-electron chi connectivity index (χ4n) is 0.931. The topological polar surface area (TPSA) is 95.4 Å². The van der Waals surface area contributed by atoms with Gasteiger partial charge in [0.05, 0.1) is 7.11 Å². The maximum absolute atomic E-state index is 11.1. The van der Waals surface area contributed by atoms with Gasteiger partial charge in [0.2, 0.25) is 0 Å². The van der Waals surface area contributed by atoms with Crippen LogP contribution < -0.4 is 41.0 Å². The Hall–Kier alpha value is 0.830. The maximum Gasteiger partial charge on any atom is 1.00 e. The van der Waals surface area contributed by atoms with Crippen LogP contribution in [0, 0.1) is 0 Å². The Morgan fingerprint density at radius 1 is 1.36 bits per heavy atom. The Morgan fingerprint density at radius 3 is 2.21 bits per heavy atom. The molecule has 7 heteroatoms. The molecular formula is C7H19N2NaO3S. The summed E-state index contributed by atoms with van der Waals surface area (Å²) in [6.45, 7) is 2.01. The second kappa shape index (κ2) is 7.16. The first-order valence-corrected chi connectivity index (χ1v) is 5.66. The molecule has 82 valence electrons. The van der Waals surface area contributed by atoms with Crippen molar-refractivity contribution >= 4 is 10.1 Å². The van der Waals surface area contributed by atoms with Crippen molar-refractivity contribution in [2.45, 2.75) is 37.6 Å². The van der Waals surface area contributed by atoms with Crippen molar-refractivity contribution in [3.8, 4) is 0 Å². The molecule has 0 saturated carbocycles. The van der Waals surface area contributed by atoms with E-state index in [-0.39, 0.29) is 37.4 Å². The molecule has 14 heavy (non-hydrogen) atoms. The summed E-state index contributed by atoms with van der Waals surface area (Å²) in [6, 6.07) is 0. The van der Waals surface area contributed by atoms with E-state index in [2.05, 4.69) is 4.18 Å². The van der Waals surface area contributed by atoms with Crippen molar-refractivity contribution in [2.75, 3.05) is 7.11 Å². The second-order valence-electron chi connectivity index (χ2n) is 3.03. The fraction of sp³-hybridized carbons (Fsp3) is 1.00. The molecule has 0 rings (SSSR count).